The topological polar surface area (TPSA) is 24.1 Å². The second-order valence-corrected chi connectivity index (χ2v) is 6.25. The molecule has 0 aliphatic carbocycles. The van der Waals surface area contributed by atoms with Gasteiger partial charge in [-0.05, 0) is 36.3 Å². The van der Waals surface area contributed by atoms with Crippen LogP contribution in [0.3, 0.4) is 0 Å². The number of nitrogens with one attached hydrogen (secondary N) is 2. The largest absolute Gasteiger partial charge is 0.362 e. The van der Waals surface area contributed by atoms with E-state index in [1.54, 1.807) is 0 Å². The van der Waals surface area contributed by atoms with E-state index in [0.29, 0.717) is 5.11 Å². The van der Waals surface area contributed by atoms with Crippen molar-refractivity contribution in [3.63, 3.8) is 0 Å². The van der Waals surface area contributed by atoms with Gasteiger partial charge in [-0.25, -0.2) is 0 Å². The van der Waals surface area contributed by atoms with Crippen LogP contribution in [0.25, 0.3) is 0 Å². The average Bonchev–Trinajstić information content (AvgIpc) is 2.50. The molecule has 110 valence electrons. The first-order valence-corrected chi connectivity index (χ1v) is 8.54. The predicted molar refractivity (Wildman–Crippen MR) is 98.0 cm³/mol. The maximum absolute atomic E-state index is 5.31. The third kappa shape index (κ3) is 5.78. The van der Waals surface area contributed by atoms with Crippen LogP contribution in [0.5, 0.6) is 0 Å². The summed E-state index contributed by atoms with van der Waals surface area (Å²) in [5.41, 5.74) is 3.62. The third-order valence-corrected chi connectivity index (χ3v) is 4.31. The summed E-state index contributed by atoms with van der Waals surface area (Å²) in [6.07, 6.45) is 0. The van der Waals surface area contributed by atoms with Gasteiger partial charge in [0.2, 0.25) is 0 Å². The van der Waals surface area contributed by atoms with Crippen LogP contribution in [0, 0.1) is 6.92 Å². The first-order valence-electron chi connectivity index (χ1n) is 6.98. The first kappa shape index (κ1) is 15.9. The Balaban J connectivity index is 1.63. The van der Waals surface area contributed by atoms with E-state index in [4.69, 9.17) is 12.2 Å². The molecule has 0 spiro atoms. The van der Waals surface area contributed by atoms with E-state index in [2.05, 4.69) is 47.9 Å². The van der Waals surface area contributed by atoms with Crippen LogP contribution in [-0.4, -0.2) is 17.4 Å². The van der Waals surface area contributed by atoms with Crippen molar-refractivity contribution < 1.29 is 0 Å². The van der Waals surface area contributed by atoms with Crippen molar-refractivity contribution in [3.05, 3.63) is 65.7 Å². The maximum atomic E-state index is 5.31. The molecule has 0 saturated carbocycles. The van der Waals surface area contributed by atoms with Gasteiger partial charge in [-0.3, -0.25) is 0 Å². The number of hydrogen-bond acceptors (Lipinski definition) is 2. The summed E-state index contributed by atoms with van der Waals surface area (Å²) in [5, 5.41) is 7.16. The minimum atomic E-state index is 0.685. The molecule has 0 aliphatic rings. The van der Waals surface area contributed by atoms with Gasteiger partial charge in [0.05, 0.1) is 0 Å². The summed E-state index contributed by atoms with van der Waals surface area (Å²) >= 11 is 7.22. The molecule has 0 atom stereocenters. The number of thiocarbonyl (C=S) groups is 1. The Hall–Kier alpha value is -1.52. The van der Waals surface area contributed by atoms with Gasteiger partial charge in [-0.15, -0.1) is 0 Å². The SMILES string of the molecule is Cc1ccccc1NC(=S)NCCSCc1ccccc1. The molecule has 0 radical (unpaired) electrons. The minimum absolute atomic E-state index is 0.685. The van der Waals surface area contributed by atoms with E-state index in [0.717, 1.165) is 23.7 Å². The molecule has 2 N–H and O–H groups in total. The molecular formula is C17H20N2S2. The molecule has 0 aliphatic heterocycles. The fourth-order valence-corrected chi connectivity index (χ4v) is 2.91. The highest BCUT2D eigenvalue weighted by Gasteiger charge is 1.99. The molecule has 0 unspecified atom stereocenters. The Morgan fingerprint density at radius 2 is 1.76 bits per heavy atom. The van der Waals surface area contributed by atoms with Gasteiger partial charge in [-0.1, -0.05) is 48.5 Å². The van der Waals surface area contributed by atoms with E-state index in [1.807, 2.05) is 36.0 Å². The zero-order chi connectivity index (χ0) is 14.9. The van der Waals surface area contributed by atoms with Gasteiger partial charge < -0.3 is 10.6 Å². The lowest BCUT2D eigenvalue weighted by atomic mass is 10.2. The number of rotatable bonds is 6. The summed E-state index contributed by atoms with van der Waals surface area (Å²) in [6, 6.07) is 18.7. The monoisotopic (exact) mass is 316 g/mol. The molecule has 0 bridgehead atoms. The van der Waals surface area contributed by atoms with Crippen molar-refractivity contribution in [2.45, 2.75) is 12.7 Å². The zero-order valence-electron chi connectivity index (χ0n) is 12.1. The van der Waals surface area contributed by atoms with Crippen LogP contribution in [-0.2, 0) is 5.75 Å². The minimum Gasteiger partial charge on any atom is -0.362 e. The molecule has 21 heavy (non-hydrogen) atoms. The van der Waals surface area contributed by atoms with Gasteiger partial charge >= 0.3 is 0 Å². The van der Waals surface area contributed by atoms with Crippen LogP contribution in [0.4, 0.5) is 5.69 Å². The molecule has 0 saturated heterocycles. The lowest BCUT2D eigenvalue weighted by Gasteiger charge is -2.12. The summed E-state index contributed by atoms with van der Waals surface area (Å²) in [4.78, 5) is 0. The number of benzene rings is 2. The summed E-state index contributed by atoms with van der Waals surface area (Å²) in [7, 11) is 0. The van der Waals surface area contributed by atoms with Crippen molar-refractivity contribution >= 4 is 34.8 Å². The van der Waals surface area contributed by atoms with Gasteiger partial charge in [0, 0.05) is 23.7 Å². The number of aryl methyl sites for hydroxylation is 1. The summed E-state index contributed by atoms with van der Waals surface area (Å²) < 4.78 is 0. The van der Waals surface area contributed by atoms with Gasteiger partial charge in [-0.2, -0.15) is 11.8 Å². The molecule has 0 amide bonds. The number of hydrogen-bond donors (Lipinski definition) is 2. The highest BCUT2D eigenvalue weighted by Crippen LogP contribution is 2.13. The smallest absolute Gasteiger partial charge is 0.170 e. The molecular weight excluding hydrogens is 296 g/mol. The lowest BCUT2D eigenvalue weighted by molar-refractivity contribution is 0.989. The van der Waals surface area contributed by atoms with Crippen molar-refractivity contribution in [1.29, 1.82) is 0 Å². The second-order valence-electron chi connectivity index (χ2n) is 4.73. The highest BCUT2D eigenvalue weighted by atomic mass is 32.2. The maximum Gasteiger partial charge on any atom is 0.170 e. The highest BCUT2D eigenvalue weighted by molar-refractivity contribution is 7.98. The summed E-state index contributed by atoms with van der Waals surface area (Å²) in [6.45, 7) is 2.94. The Kier molecular flexibility index (Phi) is 6.57. The number of anilines is 1. The molecule has 4 heteroatoms. The molecule has 2 nitrogen and oxygen atoms in total. The summed E-state index contributed by atoms with van der Waals surface area (Å²) in [5.74, 6) is 2.07. The van der Waals surface area contributed by atoms with E-state index in [9.17, 15) is 0 Å². The van der Waals surface area contributed by atoms with E-state index in [-0.39, 0.29) is 0 Å². The normalized spacial score (nSPS) is 10.1. The Bertz CT molecular complexity index is 570. The van der Waals surface area contributed by atoms with E-state index < -0.39 is 0 Å². The van der Waals surface area contributed by atoms with Gasteiger partial charge in [0.1, 0.15) is 0 Å². The van der Waals surface area contributed by atoms with Crippen molar-refractivity contribution in [2.75, 3.05) is 17.6 Å². The van der Waals surface area contributed by atoms with Crippen LogP contribution < -0.4 is 10.6 Å². The number of thioether (sulfide) groups is 1. The van der Waals surface area contributed by atoms with Crippen molar-refractivity contribution in [1.82, 2.24) is 5.32 Å². The van der Waals surface area contributed by atoms with Crippen molar-refractivity contribution in [3.8, 4) is 0 Å². The Morgan fingerprint density at radius 1 is 1.05 bits per heavy atom. The third-order valence-electron chi connectivity index (χ3n) is 3.04. The Labute approximate surface area is 136 Å². The fourth-order valence-electron chi connectivity index (χ4n) is 1.88. The van der Waals surface area contributed by atoms with Gasteiger partial charge in [0.15, 0.2) is 5.11 Å². The van der Waals surface area contributed by atoms with Crippen LogP contribution in [0.1, 0.15) is 11.1 Å². The second kappa shape index (κ2) is 8.70. The van der Waals surface area contributed by atoms with Gasteiger partial charge in [0.25, 0.3) is 0 Å². The molecule has 2 aromatic rings. The molecule has 2 rings (SSSR count). The zero-order valence-corrected chi connectivity index (χ0v) is 13.8. The molecule has 0 fully saturated rings. The van der Waals surface area contributed by atoms with Crippen LogP contribution in [0.2, 0.25) is 0 Å². The van der Waals surface area contributed by atoms with E-state index in [1.165, 1.54) is 11.1 Å². The number of para-hydroxylation sites is 1. The predicted octanol–water partition coefficient (Wildman–Crippen LogP) is 4.21. The standard InChI is InChI=1S/C17H20N2S2/c1-14-7-5-6-10-16(14)19-17(20)18-11-12-21-13-15-8-3-2-4-9-15/h2-10H,11-13H2,1H3,(H2,18,19,20). The molecule has 0 heterocycles. The van der Waals surface area contributed by atoms with Crippen LogP contribution in [0.15, 0.2) is 54.6 Å². The quantitative estimate of drug-likeness (QED) is 0.616. The fraction of sp³-hybridized carbons (Fsp3) is 0.235. The van der Waals surface area contributed by atoms with Crippen LogP contribution >= 0.6 is 24.0 Å². The van der Waals surface area contributed by atoms with Crippen molar-refractivity contribution in [2.24, 2.45) is 0 Å². The van der Waals surface area contributed by atoms with E-state index >= 15 is 0 Å². The average molecular weight is 316 g/mol. The molecule has 2 aromatic carbocycles. The lowest BCUT2D eigenvalue weighted by Crippen LogP contribution is -2.30. The Morgan fingerprint density at radius 3 is 2.52 bits per heavy atom. The molecule has 0 aromatic heterocycles. The first-order chi connectivity index (χ1) is 10.3.